The summed E-state index contributed by atoms with van der Waals surface area (Å²) in [6.45, 7) is 1.43. The summed E-state index contributed by atoms with van der Waals surface area (Å²) in [4.78, 5) is 18.0. The number of nitrogens with zero attached hydrogens (tertiary/aromatic N) is 1. The molecule has 4 heteroatoms. The summed E-state index contributed by atoms with van der Waals surface area (Å²) >= 11 is 0. The molecule has 0 unspecified atom stereocenters. The van der Waals surface area contributed by atoms with Crippen LogP contribution in [-0.2, 0) is 16.1 Å². The largest absolute Gasteiger partial charge is 0.368 e. The molecule has 22 heavy (non-hydrogen) atoms. The van der Waals surface area contributed by atoms with Crippen molar-refractivity contribution in [3.05, 3.63) is 36.0 Å². The SMILES string of the molecule is O=C([C@@H]1CCCCO1)N(Cc1ccc2[nH]ccc2c1)C1CC1. The fourth-order valence-corrected chi connectivity index (χ4v) is 3.29. The molecule has 1 aliphatic carbocycles. The van der Waals surface area contributed by atoms with E-state index in [1.54, 1.807) is 0 Å². The van der Waals surface area contributed by atoms with Crippen LogP contribution >= 0.6 is 0 Å². The molecule has 1 saturated heterocycles. The third-order valence-electron chi connectivity index (χ3n) is 4.70. The van der Waals surface area contributed by atoms with Crippen molar-refractivity contribution >= 4 is 16.8 Å². The van der Waals surface area contributed by atoms with Gasteiger partial charge in [-0.25, -0.2) is 0 Å². The Labute approximate surface area is 130 Å². The van der Waals surface area contributed by atoms with Crippen LogP contribution in [0.25, 0.3) is 10.9 Å². The summed E-state index contributed by atoms with van der Waals surface area (Å²) in [6.07, 6.45) is 7.05. The quantitative estimate of drug-likeness (QED) is 0.942. The molecular weight excluding hydrogens is 276 g/mol. The lowest BCUT2D eigenvalue weighted by Crippen LogP contribution is -2.42. The first-order valence-corrected chi connectivity index (χ1v) is 8.29. The Morgan fingerprint density at radius 3 is 2.91 bits per heavy atom. The molecule has 2 heterocycles. The second-order valence-corrected chi connectivity index (χ2v) is 6.45. The number of aromatic amines is 1. The maximum absolute atomic E-state index is 12.8. The number of nitrogens with one attached hydrogen (secondary N) is 1. The highest BCUT2D eigenvalue weighted by atomic mass is 16.5. The number of benzene rings is 1. The number of amides is 1. The van der Waals surface area contributed by atoms with Gasteiger partial charge in [-0.05, 0) is 61.3 Å². The molecule has 1 atom stereocenters. The lowest BCUT2D eigenvalue weighted by atomic mass is 10.1. The first kappa shape index (κ1) is 13.8. The predicted molar refractivity (Wildman–Crippen MR) is 85.5 cm³/mol. The Hall–Kier alpha value is -1.81. The van der Waals surface area contributed by atoms with Crippen molar-refractivity contribution in [2.45, 2.75) is 50.8 Å². The molecule has 1 saturated carbocycles. The molecule has 0 radical (unpaired) electrons. The van der Waals surface area contributed by atoms with Crippen molar-refractivity contribution in [1.29, 1.82) is 0 Å². The van der Waals surface area contributed by atoms with E-state index < -0.39 is 0 Å². The number of rotatable bonds is 4. The predicted octanol–water partition coefficient (Wildman–Crippen LogP) is 3.23. The highest BCUT2D eigenvalue weighted by molar-refractivity contribution is 5.82. The number of aromatic nitrogens is 1. The summed E-state index contributed by atoms with van der Waals surface area (Å²) in [6, 6.07) is 8.88. The minimum Gasteiger partial charge on any atom is -0.368 e. The van der Waals surface area contributed by atoms with E-state index in [0.29, 0.717) is 12.6 Å². The molecule has 2 aromatic rings. The van der Waals surface area contributed by atoms with Crippen molar-refractivity contribution in [3.8, 4) is 0 Å². The van der Waals surface area contributed by atoms with E-state index in [0.717, 1.165) is 44.2 Å². The fourth-order valence-electron chi connectivity index (χ4n) is 3.29. The van der Waals surface area contributed by atoms with Crippen LogP contribution in [0.2, 0.25) is 0 Å². The lowest BCUT2D eigenvalue weighted by Gasteiger charge is -2.29. The van der Waals surface area contributed by atoms with Crippen LogP contribution in [0.1, 0.15) is 37.7 Å². The van der Waals surface area contributed by atoms with Gasteiger partial charge in [0.1, 0.15) is 6.10 Å². The normalized spacial score (nSPS) is 21.9. The Morgan fingerprint density at radius 2 is 2.14 bits per heavy atom. The van der Waals surface area contributed by atoms with Crippen LogP contribution < -0.4 is 0 Å². The van der Waals surface area contributed by atoms with E-state index in [2.05, 4.69) is 29.2 Å². The highest BCUT2D eigenvalue weighted by Crippen LogP contribution is 2.31. The monoisotopic (exact) mass is 298 g/mol. The van der Waals surface area contributed by atoms with E-state index >= 15 is 0 Å². The highest BCUT2D eigenvalue weighted by Gasteiger charge is 2.36. The maximum Gasteiger partial charge on any atom is 0.252 e. The number of carbonyl (C=O) groups is 1. The molecule has 116 valence electrons. The average Bonchev–Trinajstić information content (AvgIpc) is 3.30. The van der Waals surface area contributed by atoms with Crippen LogP contribution in [0.5, 0.6) is 0 Å². The van der Waals surface area contributed by atoms with Crippen LogP contribution in [0, 0.1) is 0 Å². The van der Waals surface area contributed by atoms with E-state index in [4.69, 9.17) is 4.74 Å². The van der Waals surface area contributed by atoms with Crippen LogP contribution in [0.15, 0.2) is 30.5 Å². The lowest BCUT2D eigenvalue weighted by molar-refractivity contribution is -0.147. The van der Waals surface area contributed by atoms with Crippen LogP contribution in [0.3, 0.4) is 0 Å². The summed E-state index contributed by atoms with van der Waals surface area (Å²) in [5, 5.41) is 1.20. The van der Waals surface area contributed by atoms with Gasteiger partial charge in [0.2, 0.25) is 0 Å². The molecule has 2 fully saturated rings. The molecule has 1 N–H and O–H groups in total. The number of ether oxygens (including phenoxy) is 1. The van der Waals surface area contributed by atoms with E-state index in [9.17, 15) is 4.79 Å². The number of carbonyl (C=O) groups excluding carboxylic acids is 1. The van der Waals surface area contributed by atoms with Crippen molar-refractivity contribution in [2.75, 3.05) is 6.61 Å². The van der Waals surface area contributed by atoms with Crippen LogP contribution in [0.4, 0.5) is 0 Å². The van der Waals surface area contributed by atoms with Gasteiger partial charge in [0.15, 0.2) is 0 Å². The molecule has 1 amide bonds. The van der Waals surface area contributed by atoms with Gasteiger partial charge in [-0.1, -0.05) is 6.07 Å². The number of H-pyrrole nitrogens is 1. The second-order valence-electron chi connectivity index (χ2n) is 6.45. The van der Waals surface area contributed by atoms with Gasteiger partial charge >= 0.3 is 0 Å². The smallest absolute Gasteiger partial charge is 0.252 e. The number of fused-ring (bicyclic) bond motifs is 1. The molecule has 1 aliphatic heterocycles. The summed E-state index contributed by atoms with van der Waals surface area (Å²) in [7, 11) is 0. The molecule has 4 nitrogen and oxygen atoms in total. The van der Waals surface area contributed by atoms with Crippen molar-refractivity contribution in [1.82, 2.24) is 9.88 Å². The molecule has 1 aromatic carbocycles. The minimum atomic E-state index is -0.217. The Balaban J connectivity index is 1.52. The van der Waals surface area contributed by atoms with Gasteiger partial charge in [-0.3, -0.25) is 4.79 Å². The molecule has 1 aromatic heterocycles. The summed E-state index contributed by atoms with van der Waals surface area (Å²) < 4.78 is 5.70. The minimum absolute atomic E-state index is 0.191. The zero-order chi connectivity index (χ0) is 14.9. The standard InChI is InChI=1S/C18H22N2O2/c21-18(17-3-1-2-10-22-17)20(15-5-6-15)12-13-4-7-16-14(11-13)8-9-19-16/h4,7-9,11,15,17,19H,1-3,5-6,10,12H2/t17-/m0/s1. The van der Waals surface area contributed by atoms with Gasteiger partial charge in [-0.2, -0.15) is 0 Å². The molecule has 4 rings (SSSR count). The molecule has 2 aliphatic rings. The van der Waals surface area contributed by atoms with Crippen molar-refractivity contribution in [2.24, 2.45) is 0 Å². The Morgan fingerprint density at radius 1 is 1.23 bits per heavy atom. The number of hydrogen-bond acceptors (Lipinski definition) is 2. The van der Waals surface area contributed by atoms with Gasteiger partial charge in [-0.15, -0.1) is 0 Å². The zero-order valence-electron chi connectivity index (χ0n) is 12.8. The Kier molecular flexibility index (Phi) is 3.62. The topological polar surface area (TPSA) is 45.3 Å². The van der Waals surface area contributed by atoms with Gasteiger partial charge < -0.3 is 14.6 Å². The van der Waals surface area contributed by atoms with Gasteiger partial charge in [0, 0.05) is 30.9 Å². The maximum atomic E-state index is 12.8. The third kappa shape index (κ3) is 2.75. The number of hydrogen-bond donors (Lipinski definition) is 1. The first-order valence-electron chi connectivity index (χ1n) is 8.29. The summed E-state index contributed by atoms with van der Waals surface area (Å²) in [5.74, 6) is 0.191. The summed E-state index contributed by atoms with van der Waals surface area (Å²) in [5.41, 5.74) is 2.34. The van der Waals surface area contributed by atoms with E-state index in [1.165, 1.54) is 10.9 Å². The fraction of sp³-hybridized carbons (Fsp3) is 0.500. The second kappa shape index (κ2) is 5.76. The van der Waals surface area contributed by atoms with E-state index in [-0.39, 0.29) is 12.0 Å². The average molecular weight is 298 g/mol. The molecule has 0 spiro atoms. The molecule has 0 bridgehead atoms. The third-order valence-corrected chi connectivity index (χ3v) is 4.70. The van der Waals surface area contributed by atoms with E-state index in [1.807, 2.05) is 11.1 Å². The van der Waals surface area contributed by atoms with Crippen LogP contribution in [-0.4, -0.2) is 34.5 Å². The van der Waals surface area contributed by atoms with Crippen molar-refractivity contribution < 1.29 is 9.53 Å². The Bertz CT molecular complexity index is 669. The zero-order valence-corrected chi connectivity index (χ0v) is 12.8. The van der Waals surface area contributed by atoms with Gasteiger partial charge in [0.05, 0.1) is 0 Å². The molecular formula is C18H22N2O2. The van der Waals surface area contributed by atoms with Crippen molar-refractivity contribution in [3.63, 3.8) is 0 Å². The van der Waals surface area contributed by atoms with Gasteiger partial charge in [0.25, 0.3) is 5.91 Å². The first-order chi connectivity index (χ1) is 10.8.